The number of hydrogen-bond acceptors (Lipinski definition) is 4. The quantitative estimate of drug-likeness (QED) is 0.833. The lowest BCUT2D eigenvalue weighted by Gasteiger charge is -2.35. The lowest BCUT2D eigenvalue weighted by molar-refractivity contribution is 0.128. The van der Waals surface area contributed by atoms with Crippen molar-refractivity contribution in [3.63, 3.8) is 0 Å². The van der Waals surface area contributed by atoms with Gasteiger partial charge in [0.05, 0.1) is 0 Å². The molecule has 112 valence electrons. The molecule has 4 heteroatoms. The van der Waals surface area contributed by atoms with Gasteiger partial charge < -0.3 is 10.2 Å². The van der Waals surface area contributed by atoms with Crippen LogP contribution in [0.3, 0.4) is 0 Å². The van der Waals surface area contributed by atoms with E-state index in [1.807, 2.05) is 11.3 Å². The van der Waals surface area contributed by atoms with E-state index in [2.05, 4.69) is 39.6 Å². The van der Waals surface area contributed by atoms with E-state index in [9.17, 15) is 0 Å². The first-order valence-corrected chi connectivity index (χ1v) is 8.91. The Morgan fingerprint density at radius 2 is 2.00 bits per heavy atom. The van der Waals surface area contributed by atoms with Gasteiger partial charge in [-0.05, 0) is 37.1 Å². The zero-order chi connectivity index (χ0) is 13.8. The average Bonchev–Trinajstić information content (AvgIpc) is 3.10. The van der Waals surface area contributed by atoms with Crippen LogP contribution in [-0.4, -0.2) is 55.6 Å². The molecule has 1 atom stereocenters. The summed E-state index contributed by atoms with van der Waals surface area (Å²) in [6.45, 7) is 11.0. The standard InChI is InChI=1S/C16H27N3S/c1-14(16-3-2-12-20-16)17-6-7-18-8-10-19(11-9-18)13-15-4-5-15/h2-3,12,14-15,17H,4-11,13H2,1H3. The number of piperazine rings is 1. The van der Waals surface area contributed by atoms with E-state index >= 15 is 0 Å². The molecule has 1 aliphatic carbocycles. The zero-order valence-electron chi connectivity index (χ0n) is 12.6. The Bertz CT molecular complexity index is 380. The van der Waals surface area contributed by atoms with Gasteiger partial charge in [0.2, 0.25) is 0 Å². The minimum Gasteiger partial charge on any atom is -0.308 e. The third-order valence-corrected chi connectivity index (χ3v) is 5.58. The molecule has 1 aromatic rings. The molecule has 2 aliphatic rings. The fourth-order valence-corrected chi connectivity index (χ4v) is 3.70. The molecule has 20 heavy (non-hydrogen) atoms. The van der Waals surface area contributed by atoms with Crippen molar-refractivity contribution >= 4 is 11.3 Å². The smallest absolute Gasteiger partial charge is 0.0386 e. The van der Waals surface area contributed by atoms with Crippen LogP contribution in [0, 0.1) is 5.92 Å². The predicted octanol–water partition coefficient (Wildman–Crippen LogP) is 2.43. The van der Waals surface area contributed by atoms with Gasteiger partial charge in [-0.3, -0.25) is 4.90 Å². The van der Waals surface area contributed by atoms with Crippen LogP contribution in [0.25, 0.3) is 0 Å². The van der Waals surface area contributed by atoms with Gasteiger partial charge in [-0.25, -0.2) is 0 Å². The zero-order valence-corrected chi connectivity index (χ0v) is 13.4. The van der Waals surface area contributed by atoms with E-state index in [0.29, 0.717) is 6.04 Å². The highest BCUT2D eigenvalue weighted by molar-refractivity contribution is 7.10. The van der Waals surface area contributed by atoms with Crippen LogP contribution in [0.2, 0.25) is 0 Å². The van der Waals surface area contributed by atoms with Gasteiger partial charge in [0, 0.05) is 56.7 Å². The van der Waals surface area contributed by atoms with Crippen molar-refractivity contribution in [2.24, 2.45) is 5.92 Å². The average molecular weight is 293 g/mol. The molecule has 1 unspecified atom stereocenters. The maximum absolute atomic E-state index is 3.64. The van der Waals surface area contributed by atoms with Crippen LogP contribution in [0.15, 0.2) is 17.5 Å². The minimum atomic E-state index is 0.492. The summed E-state index contributed by atoms with van der Waals surface area (Å²) >= 11 is 1.85. The van der Waals surface area contributed by atoms with Crippen molar-refractivity contribution in [2.45, 2.75) is 25.8 Å². The molecule has 2 heterocycles. The molecule has 0 spiro atoms. The Balaban J connectivity index is 1.29. The lowest BCUT2D eigenvalue weighted by atomic mass is 10.2. The molecule has 2 fully saturated rings. The van der Waals surface area contributed by atoms with Gasteiger partial charge in [-0.15, -0.1) is 11.3 Å². The molecule has 1 saturated carbocycles. The van der Waals surface area contributed by atoms with E-state index in [4.69, 9.17) is 0 Å². The summed E-state index contributed by atoms with van der Waals surface area (Å²) in [5, 5.41) is 5.80. The molecule has 3 rings (SSSR count). The molecular weight excluding hydrogens is 266 g/mol. The van der Waals surface area contributed by atoms with Crippen LogP contribution < -0.4 is 5.32 Å². The summed E-state index contributed by atoms with van der Waals surface area (Å²) in [4.78, 5) is 6.71. The maximum Gasteiger partial charge on any atom is 0.0386 e. The number of rotatable bonds is 7. The van der Waals surface area contributed by atoms with Gasteiger partial charge in [0.1, 0.15) is 0 Å². The highest BCUT2D eigenvalue weighted by Gasteiger charge is 2.26. The van der Waals surface area contributed by atoms with Crippen LogP contribution in [0.1, 0.15) is 30.7 Å². The van der Waals surface area contributed by atoms with Crippen LogP contribution in [0.4, 0.5) is 0 Å². The van der Waals surface area contributed by atoms with Crippen molar-refractivity contribution in [2.75, 3.05) is 45.8 Å². The summed E-state index contributed by atoms with van der Waals surface area (Å²) in [5.41, 5.74) is 0. The largest absolute Gasteiger partial charge is 0.308 e. The van der Waals surface area contributed by atoms with Crippen molar-refractivity contribution < 1.29 is 0 Å². The van der Waals surface area contributed by atoms with E-state index in [-0.39, 0.29) is 0 Å². The summed E-state index contributed by atoms with van der Waals surface area (Å²) in [7, 11) is 0. The summed E-state index contributed by atoms with van der Waals surface area (Å²) in [5.74, 6) is 1.04. The second-order valence-corrected chi connectivity index (χ2v) is 7.26. The molecule has 1 aliphatic heterocycles. The number of nitrogens with one attached hydrogen (secondary N) is 1. The van der Waals surface area contributed by atoms with Gasteiger partial charge in [0.15, 0.2) is 0 Å². The number of hydrogen-bond donors (Lipinski definition) is 1. The Hall–Kier alpha value is -0.420. The van der Waals surface area contributed by atoms with Crippen molar-refractivity contribution in [1.82, 2.24) is 15.1 Å². The van der Waals surface area contributed by atoms with E-state index in [0.717, 1.165) is 12.5 Å². The SMILES string of the molecule is CC(NCCN1CCN(CC2CC2)CC1)c1cccs1. The van der Waals surface area contributed by atoms with Crippen molar-refractivity contribution in [1.29, 1.82) is 0 Å². The summed E-state index contributed by atoms with van der Waals surface area (Å²) in [6, 6.07) is 4.85. The first-order valence-electron chi connectivity index (χ1n) is 8.03. The van der Waals surface area contributed by atoms with Crippen LogP contribution in [-0.2, 0) is 0 Å². The molecular formula is C16H27N3S. The predicted molar refractivity (Wildman–Crippen MR) is 86.3 cm³/mol. The maximum atomic E-state index is 3.64. The third-order valence-electron chi connectivity index (χ3n) is 4.53. The Labute approximate surface area is 127 Å². The van der Waals surface area contributed by atoms with E-state index in [1.165, 1.54) is 57.0 Å². The number of nitrogens with zero attached hydrogens (tertiary/aromatic N) is 2. The van der Waals surface area contributed by atoms with Crippen molar-refractivity contribution in [3.8, 4) is 0 Å². The van der Waals surface area contributed by atoms with E-state index in [1.54, 1.807) is 0 Å². The molecule has 1 aromatic heterocycles. The molecule has 0 bridgehead atoms. The molecule has 0 radical (unpaired) electrons. The second-order valence-electron chi connectivity index (χ2n) is 6.28. The second kappa shape index (κ2) is 7.03. The van der Waals surface area contributed by atoms with Crippen LogP contribution >= 0.6 is 11.3 Å². The molecule has 1 saturated heterocycles. The summed E-state index contributed by atoms with van der Waals surface area (Å²) < 4.78 is 0. The summed E-state index contributed by atoms with van der Waals surface area (Å²) in [6.07, 6.45) is 2.95. The number of thiophene rings is 1. The fraction of sp³-hybridized carbons (Fsp3) is 0.750. The topological polar surface area (TPSA) is 18.5 Å². The fourth-order valence-electron chi connectivity index (χ4n) is 2.94. The van der Waals surface area contributed by atoms with Gasteiger partial charge in [0.25, 0.3) is 0 Å². The Morgan fingerprint density at radius 1 is 1.25 bits per heavy atom. The highest BCUT2D eigenvalue weighted by atomic mass is 32.1. The Kier molecular flexibility index (Phi) is 5.10. The monoisotopic (exact) mass is 293 g/mol. The Morgan fingerprint density at radius 3 is 2.65 bits per heavy atom. The van der Waals surface area contributed by atoms with Crippen LogP contribution in [0.5, 0.6) is 0 Å². The molecule has 3 nitrogen and oxygen atoms in total. The normalized spacial score (nSPS) is 23.1. The van der Waals surface area contributed by atoms with Crippen molar-refractivity contribution in [3.05, 3.63) is 22.4 Å². The van der Waals surface area contributed by atoms with E-state index < -0.39 is 0 Å². The third kappa shape index (κ3) is 4.29. The first-order chi connectivity index (χ1) is 9.81. The van der Waals surface area contributed by atoms with Gasteiger partial charge in [-0.1, -0.05) is 6.07 Å². The molecule has 1 N–H and O–H groups in total. The van der Waals surface area contributed by atoms with Gasteiger partial charge >= 0.3 is 0 Å². The lowest BCUT2D eigenvalue weighted by Crippen LogP contribution is -2.48. The first kappa shape index (κ1) is 14.5. The van der Waals surface area contributed by atoms with Gasteiger partial charge in [-0.2, -0.15) is 0 Å². The minimum absolute atomic E-state index is 0.492. The molecule has 0 aromatic carbocycles. The highest BCUT2D eigenvalue weighted by Crippen LogP contribution is 2.29. The molecule has 0 amide bonds.